The summed E-state index contributed by atoms with van der Waals surface area (Å²) in [6.45, 7) is 5.46. The number of hydrogen-bond acceptors (Lipinski definition) is 5. The number of carbonyl (C=O) groups excluding carboxylic acids is 2. The van der Waals surface area contributed by atoms with E-state index in [9.17, 15) is 9.59 Å². The number of nitrogens with one attached hydrogen (secondary N) is 2. The maximum atomic E-state index is 12.8. The second-order valence-electron chi connectivity index (χ2n) is 8.68. The van der Waals surface area contributed by atoms with Crippen molar-refractivity contribution in [3.8, 4) is 5.75 Å². The summed E-state index contributed by atoms with van der Waals surface area (Å²) in [7, 11) is 1.57. The van der Waals surface area contributed by atoms with E-state index in [0.29, 0.717) is 30.1 Å². The minimum atomic E-state index is -0.226. The molecule has 1 saturated heterocycles. The predicted molar refractivity (Wildman–Crippen MR) is 135 cm³/mol. The van der Waals surface area contributed by atoms with Crippen molar-refractivity contribution in [1.29, 1.82) is 0 Å². The number of piperidine rings is 1. The second-order valence-corrected chi connectivity index (χ2v) is 8.68. The Hall–Kier alpha value is -3.87. The smallest absolute Gasteiger partial charge is 0.255 e. The minimum absolute atomic E-state index is 0.0471. The van der Waals surface area contributed by atoms with E-state index in [1.807, 2.05) is 38.1 Å². The largest absolute Gasteiger partial charge is 0.495 e. The van der Waals surface area contributed by atoms with Crippen LogP contribution in [0.4, 0.5) is 17.2 Å². The van der Waals surface area contributed by atoms with Crippen LogP contribution in [0, 0.1) is 19.8 Å². The fraction of sp³-hybridized carbons (Fsp3) is 0.296. The van der Waals surface area contributed by atoms with Gasteiger partial charge in [-0.3, -0.25) is 9.59 Å². The van der Waals surface area contributed by atoms with Crippen molar-refractivity contribution in [2.75, 3.05) is 35.7 Å². The van der Waals surface area contributed by atoms with E-state index < -0.39 is 0 Å². The van der Waals surface area contributed by atoms with E-state index in [1.54, 1.807) is 37.6 Å². The van der Waals surface area contributed by atoms with Gasteiger partial charge in [0.25, 0.3) is 5.91 Å². The zero-order valence-electron chi connectivity index (χ0n) is 19.8. The molecule has 7 heteroatoms. The van der Waals surface area contributed by atoms with Crippen LogP contribution in [0.1, 0.15) is 34.3 Å². The Kier molecular flexibility index (Phi) is 7.11. The predicted octanol–water partition coefficient (Wildman–Crippen LogP) is 4.81. The van der Waals surface area contributed by atoms with Crippen LogP contribution in [0.25, 0.3) is 0 Å². The number of nitrogens with zero attached hydrogens (tertiary/aromatic N) is 2. The normalized spacial score (nSPS) is 13.9. The summed E-state index contributed by atoms with van der Waals surface area (Å²) >= 11 is 0. The molecule has 7 nitrogen and oxygen atoms in total. The summed E-state index contributed by atoms with van der Waals surface area (Å²) in [5, 5.41) is 5.97. The van der Waals surface area contributed by atoms with Gasteiger partial charge in [0.1, 0.15) is 11.6 Å². The van der Waals surface area contributed by atoms with Gasteiger partial charge in [-0.1, -0.05) is 18.2 Å². The quantitative estimate of drug-likeness (QED) is 0.554. The van der Waals surface area contributed by atoms with Crippen molar-refractivity contribution in [1.82, 2.24) is 4.98 Å². The number of anilines is 3. The Labute approximate surface area is 200 Å². The average molecular weight is 459 g/mol. The second kappa shape index (κ2) is 10.4. The molecule has 0 aliphatic carbocycles. The lowest BCUT2D eigenvalue weighted by molar-refractivity contribution is -0.120. The summed E-state index contributed by atoms with van der Waals surface area (Å²) in [5.74, 6) is 1.12. The number of pyridine rings is 1. The topological polar surface area (TPSA) is 83.6 Å². The number of hydrogen-bond donors (Lipinski definition) is 2. The molecule has 0 unspecified atom stereocenters. The van der Waals surface area contributed by atoms with Crippen molar-refractivity contribution in [3.63, 3.8) is 0 Å². The average Bonchev–Trinajstić information content (AvgIpc) is 2.84. The highest BCUT2D eigenvalue weighted by molar-refractivity contribution is 6.05. The summed E-state index contributed by atoms with van der Waals surface area (Å²) in [6.07, 6.45) is 3.11. The van der Waals surface area contributed by atoms with Crippen molar-refractivity contribution in [2.24, 2.45) is 5.92 Å². The first-order chi connectivity index (χ1) is 16.4. The van der Waals surface area contributed by atoms with Gasteiger partial charge >= 0.3 is 0 Å². The molecule has 0 spiro atoms. The number of aromatic nitrogens is 1. The molecule has 2 amide bonds. The van der Waals surface area contributed by atoms with Crippen LogP contribution in [0.2, 0.25) is 0 Å². The fourth-order valence-corrected chi connectivity index (χ4v) is 4.34. The first kappa shape index (κ1) is 23.3. The molecule has 0 saturated carbocycles. The molecule has 1 fully saturated rings. The van der Waals surface area contributed by atoms with Crippen LogP contribution in [-0.4, -0.2) is 37.0 Å². The summed E-state index contributed by atoms with van der Waals surface area (Å²) in [4.78, 5) is 32.2. The number of carbonyl (C=O) groups is 2. The third-order valence-electron chi connectivity index (χ3n) is 6.04. The molecule has 0 radical (unpaired) electrons. The maximum absolute atomic E-state index is 12.8. The van der Waals surface area contributed by atoms with Gasteiger partial charge in [-0.05, 0) is 74.2 Å². The minimum Gasteiger partial charge on any atom is -0.495 e. The maximum Gasteiger partial charge on any atom is 0.255 e. The van der Waals surface area contributed by atoms with Gasteiger partial charge in [-0.2, -0.15) is 0 Å². The monoisotopic (exact) mass is 458 g/mol. The Balaban J connectivity index is 1.36. The van der Waals surface area contributed by atoms with Gasteiger partial charge in [0.2, 0.25) is 5.91 Å². The molecule has 1 aromatic heterocycles. The van der Waals surface area contributed by atoms with Crippen molar-refractivity contribution in [2.45, 2.75) is 26.7 Å². The van der Waals surface area contributed by atoms with Crippen LogP contribution in [0.15, 0.2) is 60.8 Å². The van der Waals surface area contributed by atoms with Crippen LogP contribution >= 0.6 is 0 Å². The SMILES string of the molecule is COc1ccccc1NC(=O)c1ccnc(N2CCC(C(=O)Nc3cc(C)cc(C)c3)CC2)c1. The Morgan fingerprint density at radius 1 is 0.971 bits per heavy atom. The number of methoxy groups -OCH3 is 1. The van der Waals surface area contributed by atoms with E-state index in [-0.39, 0.29) is 17.7 Å². The Morgan fingerprint density at radius 2 is 1.68 bits per heavy atom. The highest BCUT2D eigenvalue weighted by atomic mass is 16.5. The number of amides is 2. The molecule has 0 bridgehead atoms. The van der Waals surface area contributed by atoms with E-state index in [4.69, 9.17) is 4.74 Å². The lowest BCUT2D eigenvalue weighted by Crippen LogP contribution is -2.38. The van der Waals surface area contributed by atoms with E-state index in [2.05, 4.69) is 26.6 Å². The van der Waals surface area contributed by atoms with Crippen molar-refractivity contribution in [3.05, 3.63) is 77.5 Å². The number of benzene rings is 2. The molecular formula is C27H30N4O3. The summed E-state index contributed by atoms with van der Waals surface area (Å²) in [5.41, 5.74) is 4.24. The van der Waals surface area contributed by atoms with Gasteiger partial charge in [-0.15, -0.1) is 0 Å². The molecule has 2 N–H and O–H groups in total. The van der Waals surface area contributed by atoms with Gasteiger partial charge in [0, 0.05) is 36.5 Å². The summed E-state index contributed by atoms with van der Waals surface area (Å²) < 4.78 is 5.31. The molecule has 2 heterocycles. The van der Waals surface area contributed by atoms with Crippen LogP contribution in [0.5, 0.6) is 5.75 Å². The van der Waals surface area contributed by atoms with E-state index in [1.165, 1.54) is 0 Å². The zero-order valence-corrected chi connectivity index (χ0v) is 19.8. The molecule has 4 rings (SSSR count). The summed E-state index contributed by atoms with van der Waals surface area (Å²) in [6, 6.07) is 16.9. The van der Waals surface area contributed by atoms with Crippen LogP contribution in [-0.2, 0) is 4.79 Å². The molecule has 176 valence electrons. The first-order valence-corrected chi connectivity index (χ1v) is 11.5. The third-order valence-corrected chi connectivity index (χ3v) is 6.04. The lowest BCUT2D eigenvalue weighted by atomic mass is 9.95. The number of aryl methyl sites for hydroxylation is 2. The van der Waals surface area contributed by atoms with Crippen molar-refractivity contribution < 1.29 is 14.3 Å². The van der Waals surface area contributed by atoms with Gasteiger partial charge in [0.15, 0.2) is 0 Å². The number of rotatable bonds is 6. The molecule has 3 aromatic rings. The van der Waals surface area contributed by atoms with E-state index in [0.717, 1.165) is 35.5 Å². The highest BCUT2D eigenvalue weighted by Crippen LogP contribution is 2.26. The molecule has 34 heavy (non-hydrogen) atoms. The number of para-hydroxylation sites is 2. The third kappa shape index (κ3) is 5.54. The van der Waals surface area contributed by atoms with E-state index >= 15 is 0 Å². The van der Waals surface area contributed by atoms with Gasteiger partial charge in [-0.25, -0.2) is 4.98 Å². The fourth-order valence-electron chi connectivity index (χ4n) is 4.34. The van der Waals surface area contributed by atoms with Gasteiger partial charge < -0.3 is 20.3 Å². The zero-order chi connectivity index (χ0) is 24.1. The van der Waals surface area contributed by atoms with Crippen LogP contribution in [0.3, 0.4) is 0 Å². The lowest BCUT2D eigenvalue weighted by Gasteiger charge is -2.32. The molecule has 2 aromatic carbocycles. The molecule has 0 atom stereocenters. The Bertz CT molecular complexity index is 1170. The Morgan fingerprint density at radius 3 is 2.38 bits per heavy atom. The molecule has 1 aliphatic rings. The van der Waals surface area contributed by atoms with Gasteiger partial charge in [0.05, 0.1) is 12.8 Å². The van der Waals surface area contributed by atoms with Crippen LogP contribution < -0.4 is 20.3 Å². The number of ether oxygens (including phenoxy) is 1. The molecular weight excluding hydrogens is 428 g/mol. The standard InChI is InChI=1S/C27H30N4O3/c1-18-14-19(2)16-22(15-18)29-26(32)20-9-12-31(13-10-20)25-17-21(8-11-28-25)27(33)30-23-6-4-5-7-24(23)34-3/h4-8,11,14-17,20H,9-10,12-13H2,1-3H3,(H,29,32)(H,30,33). The molecule has 1 aliphatic heterocycles. The van der Waals surface area contributed by atoms with Crippen molar-refractivity contribution >= 4 is 29.0 Å². The highest BCUT2D eigenvalue weighted by Gasteiger charge is 2.26. The first-order valence-electron chi connectivity index (χ1n) is 11.5.